The molecule has 2 N–H and O–H groups in total. The van der Waals surface area contributed by atoms with Crippen molar-refractivity contribution in [3.8, 4) is 0 Å². The maximum Gasteiger partial charge on any atom is 0.345 e. The summed E-state index contributed by atoms with van der Waals surface area (Å²) in [6.45, 7) is 5.50. The van der Waals surface area contributed by atoms with E-state index in [-0.39, 0.29) is 0 Å². The summed E-state index contributed by atoms with van der Waals surface area (Å²) in [4.78, 5) is 2.25. The van der Waals surface area contributed by atoms with E-state index in [9.17, 15) is 0 Å². The van der Waals surface area contributed by atoms with Gasteiger partial charge in [0.05, 0.1) is 26.7 Å². The van der Waals surface area contributed by atoms with Crippen LogP contribution in [0.1, 0.15) is 19.8 Å². The molecule has 0 saturated heterocycles. The van der Waals surface area contributed by atoms with Gasteiger partial charge in [0.25, 0.3) is 0 Å². The van der Waals surface area contributed by atoms with Crippen LogP contribution in [-0.4, -0.2) is 42.1 Å². The summed E-state index contributed by atoms with van der Waals surface area (Å²) < 4.78 is 2.11. The average molecular weight is 156 g/mol. The molecule has 64 valence electrons. The Bertz CT molecular complexity index is 163. The Balaban J connectivity index is 2.37. The van der Waals surface area contributed by atoms with E-state index in [1.807, 2.05) is 7.05 Å². The van der Waals surface area contributed by atoms with E-state index < -0.39 is 0 Å². The van der Waals surface area contributed by atoms with E-state index in [0.29, 0.717) is 0 Å². The molecule has 0 fully saturated rings. The second kappa shape index (κ2) is 3.60. The molecule has 0 unspecified atom stereocenters. The standard InChI is InChI=1S/C8H17N3/c1-3-4-5-11-7-6-10(2)8(11)9/h9H,3-7H2,1-2H3/p+1. The zero-order valence-electron chi connectivity index (χ0n) is 7.51. The smallest absolute Gasteiger partial charge is 0.291 e. The van der Waals surface area contributed by atoms with E-state index >= 15 is 0 Å². The number of hydrogen-bond acceptors (Lipinski definition) is 2. The Hall–Kier alpha value is -0.730. The molecule has 0 aromatic heterocycles. The largest absolute Gasteiger partial charge is 0.345 e. The van der Waals surface area contributed by atoms with E-state index in [2.05, 4.69) is 16.4 Å². The summed E-state index contributed by atoms with van der Waals surface area (Å²) >= 11 is 0. The topological polar surface area (TPSA) is 32.3 Å². The minimum absolute atomic E-state index is 0.943. The van der Waals surface area contributed by atoms with Gasteiger partial charge in [-0.25, -0.2) is 0 Å². The molecule has 0 bridgehead atoms. The van der Waals surface area contributed by atoms with Crippen LogP contribution in [0.3, 0.4) is 0 Å². The zero-order chi connectivity index (χ0) is 8.27. The summed E-state index contributed by atoms with van der Waals surface area (Å²) in [6, 6.07) is 0. The molecule has 0 aromatic rings. The minimum atomic E-state index is 0.943. The highest BCUT2D eigenvalue weighted by Gasteiger charge is 2.22. The third-order valence-electron chi connectivity index (χ3n) is 2.20. The second-order valence-corrected chi connectivity index (χ2v) is 3.12. The van der Waals surface area contributed by atoms with Gasteiger partial charge in [0.2, 0.25) is 0 Å². The van der Waals surface area contributed by atoms with Gasteiger partial charge in [-0.15, -0.1) is 0 Å². The van der Waals surface area contributed by atoms with Crippen molar-refractivity contribution in [3.05, 3.63) is 0 Å². The number of guanidine groups is 1. The minimum Gasteiger partial charge on any atom is -0.291 e. The zero-order valence-corrected chi connectivity index (χ0v) is 7.51. The molecule has 0 amide bonds. The van der Waals surface area contributed by atoms with Gasteiger partial charge in [-0.05, 0) is 6.42 Å². The van der Waals surface area contributed by atoms with Gasteiger partial charge in [0.15, 0.2) is 0 Å². The SMILES string of the molecule is CCCCN1CC[N+](C)=C1N. The van der Waals surface area contributed by atoms with Crippen molar-refractivity contribution in [1.82, 2.24) is 4.90 Å². The van der Waals surface area contributed by atoms with Crippen LogP contribution in [-0.2, 0) is 0 Å². The second-order valence-electron chi connectivity index (χ2n) is 3.12. The van der Waals surface area contributed by atoms with Crippen LogP contribution < -0.4 is 5.73 Å². The van der Waals surface area contributed by atoms with Gasteiger partial charge >= 0.3 is 5.96 Å². The molecule has 3 nitrogen and oxygen atoms in total. The summed E-state index contributed by atoms with van der Waals surface area (Å²) in [7, 11) is 2.04. The number of nitrogens with two attached hydrogens (primary N) is 1. The summed E-state index contributed by atoms with van der Waals surface area (Å²) in [5.74, 6) is 0.943. The molecule has 1 heterocycles. The van der Waals surface area contributed by atoms with Crippen LogP contribution in [0.4, 0.5) is 0 Å². The third kappa shape index (κ3) is 1.85. The molecule has 1 rings (SSSR count). The Morgan fingerprint density at radius 1 is 1.64 bits per heavy atom. The number of hydrogen-bond donors (Lipinski definition) is 1. The Labute approximate surface area is 68.5 Å². The van der Waals surface area contributed by atoms with Crippen molar-refractivity contribution in [2.45, 2.75) is 19.8 Å². The van der Waals surface area contributed by atoms with E-state index in [4.69, 9.17) is 5.73 Å². The van der Waals surface area contributed by atoms with Crippen LogP contribution in [0.25, 0.3) is 0 Å². The molecule has 0 aromatic carbocycles. The van der Waals surface area contributed by atoms with Crippen LogP contribution in [0, 0.1) is 0 Å². The van der Waals surface area contributed by atoms with E-state index in [0.717, 1.165) is 25.6 Å². The molecule has 1 aliphatic rings. The molecular formula is C8H18N3+. The van der Waals surface area contributed by atoms with Crippen molar-refractivity contribution in [2.24, 2.45) is 5.73 Å². The first-order chi connectivity index (χ1) is 5.25. The Kier molecular flexibility index (Phi) is 2.74. The number of nitrogens with zero attached hydrogens (tertiary/aromatic N) is 2. The van der Waals surface area contributed by atoms with Crippen molar-refractivity contribution in [2.75, 3.05) is 26.7 Å². The quantitative estimate of drug-likeness (QED) is 0.586. The molecule has 0 spiro atoms. The lowest BCUT2D eigenvalue weighted by atomic mass is 10.3. The first-order valence-electron chi connectivity index (χ1n) is 4.34. The summed E-state index contributed by atoms with van der Waals surface area (Å²) in [5, 5.41) is 0. The van der Waals surface area contributed by atoms with Gasteiger partial charge in [-0.1, -0.05) is 13.3 Å². The van der Waals surface area contributed by atoms with Crippen LogP contribution in [0.15, 0.2) is 0 Å². The normalized spacial score (nSPS) is 18.2. The Morgan fingerprint density at radius 3 is 2.82 bits per heavy atom. The van der Waals surface area contributed by atoms with Gasteiger partial charge in [0, 0.05) is 0 Å². The van der Waals surface area contributed by atoms with Crippen molar-refractivity contribution in [1.29, 1.82) is 0 Å². The predicted octanol–water partition coefficient (Wildman–Crippen LogP) is 0.0591. The molecule has 11 heavy (non-hydrogen) atoms. The van der Waals surface area contributed by atoms with Crippen LogP contribution in [0.5, 0.6) is 0 Å². The summed E-state index contributed by atoms with van der Waals surface area (Å²) in [6.07, 6.45) is 2.49. The van der Waals surface area contributed by atoms with Crippen molar-refractivity contribution >= 4 is 5.96 Å². The monoisotopic (exact) mass is 156 g/mol. The number of unbranched alkanes of at least 4 members (excludes halogenated alkanes) is 1. The molecule has 1 aliphatic heterocycles. The lowest BCUT2D eigenvalue weighted by molar-refractivity contribution is -0.487. The van der Waals surface area contributed by atoms with Gasteiger partial charge in [0.1, 0.15) is 0 Å². The molecule has 3 heteroatoms. The lowest BCUT2D eigenvalue weighted by Gasteiger charge is -2.09. The predicted molar refractivity (Wildman–Crippen MR) is 46.7 cm³/mol. The molecule has 0 radical (unpaired) electrons. The number of rotatable bonds is 3. The van der Waals surface area contributed by atoms with Crippen molar-refractivity contribution in [3.63, 3.8) is 0 Å². The fourth-order valence-corrected chi connectivity index (χ4v) is 1.32. The number of likely N-dealkylation sites (N-methyl/N-ethyl adjacent to an activating group) is 1. The highest BCUT2D eigenvalue weighted by atomic mass is 15.3. The van der Waals surface area contributed by atoms with Gasteiger partial charge in [-0.3, -0.25) is 15.2 Å². The highest BCUT2D eigenvalue weighted by Crippen LogP contribution is 1.99. The van der Waals surface area contributed by atoms with Gasteiger partial charge < -0.3 is 0 Å². The van der Waals surface area contributed by atoms with E-state index in [1.165, 1.54) is 12.8 Å². The molecular weight excluding hydrogens is 138 g/mol. The first-order valence-corrected chi connectivity index (χ1v) is 4.34. The van der Waals surface area contributed by atoms with E-state index in [1.54, 1.807) is 0 Å². The maximum absolute atomic E-state index is 5.83. The first kappa shape index (κ1) is 8.37. The average Bonchev–Trinajstić information content (AvgIpc) is 2.31. The fraction of sp³-hybridized carbons (Fsp3) is 0.875. The Morgan fingerprint density at radius 2 is 2.36 bits per heavy atom. The highest BCUT2D eigenvalue weighted by molar-refractivity contribution is 5.73. The lowest BCUT2D eigenvalue weighted by Crippen LogP contribution is -2.36. The van der Waals surface area contributed by atoms with Crippen LogP contribution >= 0.6 is 0 Å². The summed E-state index contributed by atoms with van der Waals surface area (Å²) in [5.41, 5.74) is 5.83. The fourth-order valence-electron chi connectivity index (χ4n) is 1.32. The maximum atomic E-state index is 5.83. The van der Waals surface area contributed by atoms with Crippen molar-refractivity contribution < 1.29 is 4.58 Å². The molecule has 0 saturated carbocycles. The molecule has 0 aliphatic carbocycles. The van der Waals surface area contributed by atoms with Crippen LogP contribution in [0.2, 0.25) is 0 Å². The van der Waals surface area contributed by atoms with Gasteiger partial charge in [-0.2, -0.15) is 0 Å². The molecule has 0 atom stereocenters. The third-order valence-corrected chi connectivity index (χ3v) is 2.20.